The van der Waals surface area contributed by atoms with Crippen molar-refractivity contribution in [2.75, 3.05) is 26.2 Å². The molecule has 0 aliphatic carbocycles. The Morgan fingerprint density at radius 2 is 2.03 bits per heavy atom. The molecule has 9 nitrogen and oxygen atoms in total. The predicted octanol–water partition coefficient (Wildman–Crippen LogP) is 4.30. The van der Waals surface area contributed by atoms with Gasteiger partial charge in [0.2, 0.25) is 10.0 Å². The van der Waals surface area contributed by atoms with Gasteiger partial charge in [0.15, 0.2) is 5.82 Å². The number of rotatable bonds is 9. The molecule has 1 aliphatic rings. The highest BCUT2D eigenvalue weighted by Gasteiger charge is 2.19. The molecule has 2 aromatic carbocycles. The quantitative estimate of drug-likeness (QED) is 0.254. The predicted molar refractivity (Wildman–Crippen MR) is 151 cm³/mol. The van der Waals surface area contributed by atoms with Gasteiger partial charge in [-0.15, -0.1) is 0 Å². The van der Waals surface area contributed by atoms with Crippen LogP contribution in [0.1, 0.15) is 38.4 Å². The molecule has 0 radical (unpaired) electrons. The molecule has 38 heavy (non-hydrogen) atoms. The topological polar surface area (TPSA) is 127 Å². The molecular weight excluding hydrogens is 500 g/mol. The summed E-state index contributed by atoms with van der Waals surface area (Å²) in [6.45, 7) is 8.15. The van der Waals surface area contributed by atoms with Gasteiger partial charge < -0.3 is 10.1 Å². The molecule has 0 bridgehead atoms. The molecular formula is C28H34N6O3S. The molecule has 4 aromatic rings. The molecule has 0 saturated heterocycles. The van der Waals surface area contributed by atoms with Crippen LogP contribution >= 0.6 is 0 Å². The number of aryl methyl sites for hydroxylation is 1. The molecule has 0 spiro atoms. The fourth-order valence-electron chi connectivity index (χ4n) is 4.80. The Hall–Kier alpha value is -3.47. The maximum atomic E-state index is 11.9. The fourth-order valence-corrected chi connectivity index (χ4v) is 5.51. The van der Waals surface area contributed by atoms with Gasteiger partial charge in [-0.3, -0.25) is 10.00 Å². The van der Waals surface area contributed by atoms with Gasteiger partial charge in [-0.25, -0.2) is 18.1 Å². The number of aromatic amines is 2. The van der Waals surface area contributed by atoms with Gasteiger partial charge in [0.25, 0.3) is 0 Å². The Balaban J connectivity index is 1.28. The number of nitrogens with one attached hydrogen (secondary N) is 3. The summed E-state index contributed by atoms with van der Waals surface area (Å²) < 4.78 is 26.6. The van der Waals surface area contributed by atoms with E-state index in [4.69, 9.17) is 0 Å². The van der Waals surface area contributed by atoms with Crippen molar-refractivity contribution in [3.63, 3.8) is 0 Å². The molecule has 200 valence electrons. The Kier molecular flexibility index (Phi) is 7.38. The third kappa shape index (κ3) is 5.38. The summed E-state index contributed by atoms with van der Waals surface area (Å²) in [5.74, 6) is 0.989. The minimum Gasteiger partial charge on any atom is -0.508 e. The summed E-state index contributed by atoms with van der Waals surface area (Å²) in [6, 6.07) is 11.7. The average molecular weight is 535 g/mol. The first-order valence-corrected chi connectivity index (χ1v) is 14.6. The number of aromatic hydroxyl groups is 1. The van der Waals surface area contributed by atoms with Crippen LogP contribution in [-0.2, 0) is 16.4 Å². The lowest BCUT2D eigenvalue weighted by atomic mass is 9.97. The molecule has 4 N–H and O–H groups in total. The van der Waals surface area contributed by atoms with Gasteiger partial charge in [0.05, 0.1) is 22.7 Å². The Morgan fingerprint density at radius 3 is 2.76 bits per heavy atom. The van der Waals surface area contributed by atoms with E-state index in [1.165, 1.54) is 5.57 Å². The first-order chi connectivity index (χ1) is 18.2. The normalized spacial score (nSPS) is 14.9. The third-order valence-electron chi connectivity index (χ3n) is 7.13. The van der Waals surface area contributed by atoms with E-state index in [1.807, 2.05) is 18.3 Å². The number of nitrogens with zero attached hydrogens (tertiary/aromatic N) is 3. The van der Waals surface area contributed by atoms with Crippen LogP contribution in [0.25, 0.3) is 39.1 Å². The van der Waals surface area contributed by atoms with E-state index in [1.54, 1.807) is 19.9 Å². The number of phenols is 1. The van der Waals surface area contributed by atoms with E-state index in [-0.39, 0.29) is 5.75 Å². The number of fused-ring (bicyclic) bond motifs is 1. The van der Waals surface area contributed by atoms with Crippen LogP contribution in [-0.4, -0.2) is 70.0 Å². The zero-order valence-electron chi connectivity index (χ0n) is 22.0. The summed E-state index contributed by atoms with van der Waals surface area (Å²) in [6.07, 6.45) is 5.72. The molecule has 0 fully saturated rings. The summed E-state index contributed by atoms with van der Waals surface area (Å²) in [7, 11) is -3.23. The Labute approximate surface area is 223 Å². The van der Waals surface area contributed by atoms with E-state index < -0.39 is 15.3 Å². The lowest BCUT2D eigenvalue weighted by molar-refractivity contribution is 0.306. The van der Waals surface area contributed by atoms with Crippen molar-refractivity contribution in [2.45, 2.75) is 38.9 Å². The van der Waals surface area contributed by atoms with E-state index in [0.29, 0.717) is 18.9 Å². The summed E-state index contributed by atoms with van der Waals surface area (Å²) in [5.41, 5.74) is 7.13. The maximum Gasteiger partial charge on any atom is 0.213 e. The number of imidazole rings is 1. The van der Waals surface area contributed by atoms with Crippen LogP contribution in [0.4, 0.5) is 0 Å². The van der Waals surface area contributed by atoms with E-state index in [9.17, 15) is 13.5 Å². The number of aromatic nitrogens is 4. The van der Waals surface area contributed by atoms with Gasteiger partial charge in [0.1, 0.15) is 11.4 Å². The lowest BCUT2D eigenvalue weighted by Crippen LogP contribution is -2.39. The van der Waals surface area contributed by atoms with Crippen LogP contribution < -0.4 is 4.72 Å². The SMILES string of the molecule is CCc1cc(O)ccc1-c1ccc2c(-c3ncc(C4=CCN(CCNS(=O)(=O)C(C)C)CC4)[nH]3)n[nH]c2c1. The van der Waals surface area contributed by atoms with Crippen molar-refractivity contribution in [2.24, 2.45) is 0 Å². The van der Waals surface area contributed by atoms with Gasteiger partial charge in [-0.2, -0.15) is 5.10 Å². The summed E-state index contributed by atoms with van der Waals surface area (Å²) in [4.78, 5) is 10.3. The average Bonchev–Trinajstić information content (AvgIpc) is 3.56. The molecule has 0 atom stereocenters. The minimum absolute atomic E-state index is 0.277. The molecule has 3 heterocycles. The van der Waals surface area contributed by atoms with Gasteiger partial charge in [-0.05, 0) is 73.2 Å². The summed E-state index contributed by atoms with van der Waals surface area (Å²) in [5, 5.41) is 18.1. The van der Waals surface area contributed by atoms with Gasteiger partial charge in [0, 0.05) is 31.6 Å². The summed E-state index contributed by atoms with van der Waals surface area (Å²) >= 11 is 0. The van der Waals surface area contributed by atoms with Crippen LogP contribution in [0.5, 0.6) is 5.75 Å². The van der Waals surface area contributed by atoms with Crippen molar-refractivity contribution >= 4 is 26.5 Å². The highest BCUT2D eigenvalue weighted by Crippen LogP contribution is 2.32. The maximum absolute atomic E-state index is 11.9. The number of hydrogen-bond acceptors (Lipinski definition) is 6. The number of hydrogen-bond donors (Lipinski definition) is 4. The number of H-pyrrole nitrogens is 2. The highest BCUT2D eigenvalue weighted by molar-refractivity contribution is 7.90. The van der Waals surface area contributed by atoms with Crippen LogP contribution in [0.15, 0.2) is 48.7 Å². The van der Waals surface area contributed by atoms with Crippen molar-refractivity contribution in [1.82, 2.24) is 29.8 Å². The van der Waals surface area contributed by atoms with Gasteiger partial charge in [-0.1, -0.05) is 25.1 Å². The molecule has 5 rings (SSSR count). The van der Waals surface area contributed by atoms with Crippen molar-refractivity contribution in [3.05, 3.63) is 59.9 Å². The zero-order valence-corrected chi connectivity index (χ0v) is 22.8. The number of sulfonamides is 1. The smallest absolute Gasteiger partial charge is 0.213 e. The molecule has 1 aliphatic heterocycles. The molecule has 0 amide bonds. The lowest BCUT2D eigenvalue weighted by Gasteiger charge is -2.26. The van der Waals surface area contributed by atoms with Crippen LogP contribution in [0.2, 0.25) is 0 Å². The first-order valence-electron chi connectivity index (χ1n) is 13.0. The Bertz CT molecular complexity index is 1590. The van der Waals surface area contributed by atoms with E-state index in [0.717, 1.165) is 64.9 Å². The molecule has 2 aromatic heterocycles. The van der Waals surface area contributed by atoms with E-state index in [2.05, 4.69) is 61.0 Å². The standard InChI is InChI=1S/C28H34N6O3S/c1-4-19-15-22(35)6-8-23(19)21-5-7-24-25(16-21)32-33-27(24)28-29-17-26(31-28)20-9-12-34(13-10-20)14-11-30-38(36,37)18(2)3/h5-9,15-18,30,35H,4,10-14H2,1-3H3,(H,29,31)(H,32,33). The number of benzene rings is 2. The Morgan fingerprint density at radius 1 is 1.18 bits per heavy atom. The zero-order chi connectivity index (χ0) is 26.9. The second-order valence-corrected chi connectivity index (χ2v) is 12.3. The van der Waals surface area contributed by atoms with Crippen LogP contribution in [0, 0.1) is 0 Å². The van der Waals surface area contributed by atoms with E-state index >= 15 is 0 Å². The molecule has 0 unspecified atom stereocenters. The van der Waals surface area contributed by atoms with Crippen molar-refractivity contribution in [1.29, 1.82) is 0 Å². The number of phenolic OH excluding ortho intramolecular Hbond substituents is 1. The third-order valence-corrected chi connectivity index (χ3v) is 8.98. The van der Waals surface area contributed by atoms with Gasteiger partial charge >= 0.3 is 0 Å². The van der Waals surface area contributed by atoms with Crippen molar-refractivity contribution in [3.8, 4) is 28.4 Å². The van der Waals surface area contributed by atoms with Crippen molar-refractivity contribution < 1.29 is 13.5 Å². The second-order valence-electron chi connectivity index (χ2n) is 9.94. The monoisotopic (exact) mass is 534 g/mol. The first kappa shape index (κ1) is 26.1. The fraction of sp³-hybridized carbons (Fsp3) is 0.357. The molecule has 10 heteroatoms. The highest BCUT2D eigenvalue weighted by atomic mass is 32.2. The minimum atomic E-state index is -3.23. The largest absolute Gasteiger partial charge is 0.508 e. The molecule has 0 saturated carbocycles. The van der Waals surface area contributed by atoms with Crippen LogP contribution in [0.3, 0.4) is 0 Å². The second kappa shape index (κ2) is 10.7.